The first-order valence-electron chi connectivity index (χ1n) is 23.7. The molecule has 3 aliphatic rings. The number of hydrogen-bond acceptors (Lipinski definition) is 8. The molecule has 0 spiro atoms. The molecule has 2 aliphatic heterocycles. The molecule has 0 N–H and O–H groups in total. The molecule has 3 aromatic rings. The van der Waals surface area contributed by atoms with Crippen LogP contribution in [-0.4, -0.2) is 70.7 Å². The topological polar surface area (TPSA) is 141 Å². The zero-order chi connectivity index (χ0) is 47.1. The number of allylic oxidation sites excluding steroid dienone is 4. The van der Waals surface area contributed by atoms with E-state index in [1.165, 1.54) is 57.6 Å². The van der Waals surface area contributed by atoms with Crippen molar-refractivity contribution >= 4 is 86.3 Å². The molecule has 66 heavy (non-hydrogen) atoms. The van der Waals surface area contributed by atoms with E-state index in [0.717, 1.165) is 42.1 Å². The van der Waals surface area contributed by atoms with Crippen molar-refractivity contribution in [2.45, 2.75) is 144 Å². The summed E-state index contributed by atoms with van der Waals surface area (Å²) >= 11 is 0. The summed E-state index contributed by atoms with van der Waals surface area (Å²) in [5.74, 6) is -1.07. The standard InChI is InChI=1S/C55H69N4O6.Mg/c1-12-38-35(8)42-27-43-36(9)40(23-24-48(61)65-26-25-34(7)22-16-21-33(6)20-15-19-32(5)18-14-17-31(3)4)52(58-43)50-51(55(63)64-11)54(62)49-37(10)44(59-53(49)50)28-46-39(13-2)41(30-60)47(57-46)29-45(38)56-42;/h12-13,25,27-33,36,40,51H,1-2,14-24,26H2,3-11H3,(H-,56,57,58,59,60,62);/q-1;+2/p-1/b34-25+;/t32-,33-,36+,40+,51-;/m1./s1. The molecule has 5 atom stereocenters. The van der Waals surface area contributed by atoms with Gasteiger partial charge in [0.25, 0.3) is 0 Å². The van der Waals surface area contributed by atoms with Gasteiger partial charge in [-0.25, -0.2) is 4.98 Å². The Morgan fingerprint density at radius 2 is 1.47 bits per heavy atom. The van der Waals surface area contributed by atoms with Crippen molar-refractivity contribution in [1.29, 1.82) is 0 Å². The van der Waals surface area contributed by atoms with Crippen molar-refractivity contribution in [2.24, 2.45) is 17.8 Å². The fourth-order valence-electron chi connectivity index (χ4n) is 9.83. The summed E-state index contributed by atoms with van der Waals surface area (Å²) < 4.78 is 11.0. The van der Waals surface area contributed by atoms with Crippen LogP contribution in [0.5, 0.6) is 0 Å². The van der Waals surface area contributed by atoms with Crippen LogP contribution in [0.3, 0.4) is 0 Å². The van der Waals surface area contributed by atoms with E-state index in [0.29, 0.717) is 85.0 Å². The molecule has 1 aliphatic carbocycles. The summed E-state index contributed by atoms with van der Waals surface area (Å²) in [5.41, 5.74) is 9.08. The number of aryl methyl sites for hydroxylation is 2. The molecule has 0 radical (unpaired) electrons. The Morgan fingerprint density at radius 1 is 0.833 bits per heavy atom. The van der Waals surface area contributed by atoms with Crippen LogP contribution < -0.4 is 9.97 Å². The number of ketones is 1. The minimum absolute atomic E-state index is 0. The second-order valence-electron chi connectivity index (χ2n) is 19.1. The van der Waals surface area contributed by atoms with Crippen LogP contribution in [-0.2, 0) is 23.9 Å². The molecular formula is C55H68MgN4O6. The predicted molar refractivity (Wildman–Crippen MR) is 266 cm³/mol. The van der Waals surface area contributed by atoms with Crippen LogP contribution in [0.4, 0.5) is 0 Å². The van der Waals surface area contributed by atoms with Gasteiger partial charge in [0, 0.05) is 46.4 Å². The Hall–Kier alpha value is -4.87. The summed E-state index contributed by atoms with van der Waals surface area (Å²) in [6.45, 7) is 25.5. The summed E-state index contributed by atoms with van der Waals surface area (Å²) in [7, 11) is 1.26. The SMILES string of the molecule is C=CC1=C(C=O)c2cc3[n-]c(cc4nc(c5c6[n-]c(cc1n2)c(C)c6C(=O)[C@@H]5C(=O)OC)[C@@H](CCC(=O)OC/C=C(\C)CCC[C@H](C)CCC[C@H](C)CCCC(C)C)[C@@H]4C)c(C)c3C=C.[Mg+2]. The predicted octanol–water partition coefficient (Wildman–Crippen LogP) is 11.8. The quantitative estimate of drug-likeness (QED) is 0.0333. The molecular weight excluding hydrogens is 837 g/mol. The third kappa shape index (κ3) is 11.4. The molecule has 0 saturated heterocycles. The Kier molecular flexibility index (Phi) is 18.3. The number of hydrogen-bond donors (Lipinski definition) is 0. The number of rotatable bonds is 21. The van der Waals surface area contributed by atoms with Gasteiger partial charge in [0.05, 0.1) is 18.5 Å². The molecule has 6 rings (SSSR count). The van der Waals surface area contributed by atoms with Crippen molar-refractivity contribution in [1.82, 2.24) is 19.9 Å². The molecule has 3 aromatic heterocycles. The summed E-state index contributed by atoms with van der Waals surface area (Å²) in [5, 5.41) is 0. The smallest absolute Gasteiger partial charge is 0.657 e. The molecule has 346 valence electrons. The molecule has 5 heterocycles. The minimum Gasteiger partial charge on any atom is -0.657 e. The van der Waals surface area contributed by atoms with E-state index >= 15 is 0 Å². The van der Waals surface area contributed by atoms with Crippen LogP contribution >= 0.6 is 0 Å². The number of carbonyl (C=O) groups excluding carboxylic acids is 4. The third-order valence-electron chi connectivity index (χ3n) is 13.9. The number of nitrogens with zero attached hydrogens (tertiary/aromatic N) is 4. The number of esters is 2. The maximum Gasteiger partial charge on any atom is 2.00 e. The second-order valence-corrected chi connectivity index (χ2v) is 19.1. The molecule has 10 nitrogen and oxygen atoms in total. The molecule has 0 saturated carbocycles. The number of fused-ring (bicyclic) bond motifs is 8. The minimum atomic E-state index is -1.28. The van der Waals surface area contributed by atoms with Crippen molar-refractivity contribution in [3.63, 3.8) is 0 Å². The van der Waals surface area contributed by atoms with Crippen molar-refractivity contribution in [3.05, 3.63) is 99.7 Å². The zero-order valence-electron chi connectivity index (χ0n) is 40.9. The van der Waals surface area contributed by atoms with Gasteiger partial charge in [0.2, 0.25) is 0 Å². The number of aldehydes is 1. The average molecular weight is 905 g/mol. The fraction of sp³-hybridized carbons (Fsp3) is 0.491. The average Bonchev–Trinajstić information content (AvgIpc) is 4.02. The van der Waals surface area contributed by atoms with Crippen molar-refractivity contribution in [2.75, 3.05) is 13.7 Å². The summed E-state index contributed by atoms with van der Waals surface area (Å²) in [6.07, 6.45) is 17.7. The van der Waals surface area contributed by atoms with Gasteiger partial charge in [-0.1, -0.05) is 134 Å². The third-order valence-corrected chi connectivity index (χ3v) is 13.9. The Bertz CT molecular complexity index is 2580. The van der Waals surface area contributed by atoms with Gasteiger partial charge in [0.1, 0.15) is 12.5 Å². The maximum atomic E-state index is 14.3. The van der Waals surface area contributed by atoms with E-state index in [1.807, 2.05) is 26.0 Å². The first-order valence-corrected chi connectivity index (χ1v) is 23.7. The number of methoxy groups -OCH3 is 1. The van der Waals surface area contributed by atoms with E-state index in [2.05, 4.69) is 47.8 Å². The van der Waals surface area contributed by atoms with E-state index in [-0.39, 0.29) is 53.9 Å². The van der Waals surface area contributed by atoms with Gasteiger partial charge in [-0.15, -0.1) is 22.1 Å². The van der Waals surface area contributed by atoms with Crippen molar-refractivity contribution < 1.29 is 28.7 Å². The van der Waals surface area contributed by atoms with Crippen LogP contribution in [0, 0.1) is 31.6 Å². The normalized spacial score (nSPS) is 17.7. The van der Waals surface area contributed by atoms with E-state index in [4.69, 9.17) is 29.4 Å². The Labute approximate surface area is 407 Å². The Morgan fingerprint density at radius 3 is 2.11 bits per heavy atom. The van der Waals surface area contributed by atoms with E-state index < -0.39 is 17.7 Å². The van der Waals surface area contributed by atoms with E-state index in [1.54, 1.807) is 31.2 Å². The molecule has 0 amide bonds. The van der Waals surface area contributed by atoms with Crippen LogP contribution in [0.2, 0.25) is 0 Å². The summed E-state index contributed by atoms with van der Waals surface area (Å²) in [4.78, 5) is 73.8. The molecule has 11 heteroatoms. The van der Waals surface area contributed by atoms with E-state index in [9.17, 15) is 19.2 Å². The van der Waals surface area contributed by atoms with Gasteiger partial charge in [-0.2, -0.15) is 0 Å². The number of Topliss-reactive ketones (excluding diaryl/α,β-unsaturated/α-hetero) is 1. The van der Waals surface area contributed by atoms with Gasteiger partial charge >= 0.3 is 35.0 Å². The summed E-state index contributed by atoms with van der Waals surface area (Å²) in [6, 6.07) is 5.41. The molecule has 0 aromatic carbocycles. The molecule has 0 unspecified atom stereocenters. The second kappa shape index (κ2) is 23.2. The number of ether oxygens (including phenoxy) is 2. The van der Waals surface area contributed by atoms with Crippen molar-refractivity contribution in [3.8, 4) is 0 Å². The van der Waals surface area contributed by atoms with Gasteiger partial charge in [-0.05, 0) is 81.1 Å². The van der Waals surface area contributed by atoms with Crippen LogP contribution in [0.1, 0.15) is 185 Å². The molecule has 0 fully saturated rings. The number of aromatic nitrogens is 4. The fourth-order valence-corrected chi connectivity index (χ4v) is 9.83. The van der Waals surface area contributed by atoms with Gasteiger partial charge in [0.15, 0.2) is 12.1 Å². The first-order chi connectivity index (χ1) is 31.1. The first kappa shape index (κ1) is 52.1. The van der Waals surface area contributed by atoms with Gasteiger partial charge in [-0.3, -0.25) is 24.2 Å². The van der Waals surface area contributed by atoms with Crippen LogP contribution in [0.15, 0.2) is 49.1 Å². The number of carbonyl (C=O) groups is 4. The maximum absolute atomic E-state index is 14.3. The monoisotopic (exact) mass is 904 g/mol. The Balaban J connectivity index is 0.00000817. The van der Waals surface area contributed by atoms with Gasteiger partial charge < -0.3 is 19.4 Å². The molecule has 8 bridgehead atoms. The van der Waals surface area contributed by atoms with Crippen LogP contribution in [0.25, 0.3) is 39.3 Å². The zero-order valence-corrected chi connectivity index (χ0v) is 42.3. The largest absolute Gasteiger partial charge is 2.00 e.